The van der Waals surface area contributed by atoms with Crippen molar-refractivity contribution in [2.24, 2.45) is 0 Å². The zero-order valence-corrected chi connectivity index (χ0v) is 7.16. The SMILES string of the molecule is CC(=O)[Si]c1ccccc1O. The lowest BCUT2D eigenvalue weighted by Gasteiger charge is -1.98. The number of carbonyl (C=O) groups is 1. The van der Waals surface area contributed by atoms with Gasteiger partial charge in [0.05, 0.1) is 0 Å². The van der Waals surface area contributed by atoms with Gasteiger partial charge in [-0.05, 0) is 18.2 Å². The minimum atomic E-state index is 0.0708. The lowest BCUT2D eigenvalue weighted by Crippen LogP contribution is -2.21. The first-order valence-electron chi connectivity index (χ1n) is 3.26. The van der Waals surface area contributed by atoms with Gasteiger partial charge in [0, 0.05) is 0 Å². The molecule has 2 radical (unpaired) electrons. The van der Waals surface area contributed by atoms with Gasteiger partial charge in [-0.15, -0.1) is 0 Å². The van der Waals surface area contributed by atoms with E-state index in [1.165, 1.54) is 6.92 Å². The molecule has 0 aliphatic rings. The van der Waals surface area contributed by atoms with Crippen LogP contribution in [0.4, 0.5) is 0 Å². The second-order valence-corrected chi connectivity index (χ2v) is 3.69. The van der Waals surface area contributed by atoms with Gasteiger partial charge in [-0.3, -0.25) is 0 Å². The van der Waals surface area contributed by atoms with E-state index in [0.717, 1.165) is 5.19 Å². The van der Waals surface area contributed by atoms with Crippen LogP contribution in [-0.4, -0.2) is 20.0 Å². The van der Waals surface area contributed by atoms with E-state index in [0.29, 0.717) is 0 Å². The van der Waals surface area contributed by atoms with E-state index in [9.17, 15) is 9.90 Å². The van der Waals surface area contributed by atoms with E-state index in [2.05, 4.69) is 0 Å². The van der Waals surface area contributed by atoms with Crippen molar-refractivity contribution in [3.63, 3.8) is 0 Å². The highest BCUT2D eigenvalue weighted by Gasteiger charge is 2.03. The highest BCUT2D eigenvalue weighted by atomic mass is 28.2. The maximum absolute atomic E-state index is 10.7. The summed E-state index contributed by atoms with van der Waals surface area (Å²) in [4.78, 5) is 10.7. The molecule has 0 unspecified atom stereocenters. The molecule has 0 spiro atoms. The van der Waals surface area contributed by atoms with Gasteiger partial charge in [0.25, 0.3) is 0 Å². The molecule has 11 heavy (non-hydrogen) atoms. The lowest BCUT2D eigenvalue weighted by molar-refractivity contribution is -0.110. The smallest absolute Gasteiger partial charge is 0.176 e. The molecule has 1 N–H and O–H groups in total. The summed E-state index contributed by atoms with van der Waals surface area (Å²) in [6.07, 6.45) is 0. The Bertz CT molecular complexity index is 271. The molecule has 0 aliphatic carbocycles. The third-order valence-corrected chi connectivity index (χ3v) is 2.26. The second kappa shape index (κ2) is 3.34. The van der Waals surface area contributed by atoms with E-state index in [1.807, 2.05) is 6.07 Å². The van der Waals surface area contributed by atoms with Crippen LogP contribution < -0.4 is 5.19 Å². The maximum atomic E-state index is 10.7. The quantitative estimate of drug-likeness (QED) is 0.637. The molecule has 1 aromatic rings. The zero-order valence-electron chi connectivity index (χ0n) is 6.16. The highest BCUT2D eigenvalue weighted by Crippen LogP contribution is 2.01. The lowest BCUT2D eigenvalue weighted by atomic mass is 10.3. The van der Waals surface area contributed by atoms with Crippen LogP contribution in [0, 0.1) is 0 Å². The fraction of sp³-hybridized carbons (Fsp3) is 0.125. The molecule has 0 saturated heterocycles. The number of benzene rings is 1. The molecule has 2 nitrogen and oxygen atoms in total. The molecule has 56 valence electrons. The molecular formula is C8H8O2Si. The van der Waals surface area contributed by atoms with Crippen molar-refractivity contribution in [3.8, 4) is 5.75 Å². The van der Waals surface area contributed by atoms with Gasteiger partial charge in [-0.25, -0.2) is 0 Å². The Kier molecular flexibility index (Phi) is 2.43. The normalized spacial score (nSPS) is 9.55. The summed E-state index contributed by atoms with van der Waals surface area (Å²) in [6.45, 7) is 1.52. The van der Waals surface area contributed by atoms with E-state index in [-0.39, 0.29) is 20.7 Å². The van der Waals surface area contributed by atoms with Crippen LogP contribution in [0.1, 0.15) is 6.92 Å². The van der Waals surface area contributed by atoms with Crippen LogP contribution in [0.15, 0.2) is 24.3 Å². The van der Waals surface area contributed by atoms with Crippen LogP contribution in [0.25, 0.3) is 0 Å². The van der Waals surface area contributed by atoms with Crippen LogP contribution in [-0.2, 0) is 4.79 Å². The molecule has 0 bridgehead atoms. The molecule has 3 heteroatoms. The minimum Gasteiger partial charge on any atom is -0.508 e. The predicted molar refractivity (Wildman–Crippen MR) is 44.2 cm³/mol. The van der Waals surface area contributed by atoms with Crippen LogP contribution in [0.3, 0.4) is 0 Å². The van der Waals surface area contributed by atoms with E-state index in [1.54, 1.807) is 18.2 Å². The molecule has 0 atom stereocenters. The van der Waals surface area contributed by atoms with Gasteiger partial charge in [0.15, 0.2) is 9.52 Å². The van der Waals surface area contributed by atoms with Crippen molar-refractivity contribution < 1.29 is 9.90 Å². The highest BCUT2D eigenvalue weighted by molar-refractivity contribution is 6.84. The number of carbonyl (C=O) groups excluding carboxylic acids is 1. The Morgan fingerprint density at radius 3 is 2.64 bits per heavy atom. The van der Waals surface area contributed by atoms with Gasteiger partial charge in [0.2, 0.25) is 0 Å². The average Bonchev–Trinajstić information content (AvgIpc) is 1.93. The molecule has 0 heterocycles. The van der Waals surface area contributed by atoms with Gasteiger partial charge in [0.1, 0.15) is 11.2 Å². The third kappa shape index (κ3) is 2.20. The van der Waals surface area contributed by atoms with E-state index >= 15 is 0 Å². The maximum Gasteiger partial charge on any atom is 0.176 e. The largest absolute Gasteiger partial charge is 0.508 e. The van der Waals surface area contributed by atoms with E-state index < -0.39 is 0 Å². The molecule has 1 aromatic carbocycles. The fourth-order valence-corrected chi connectivity index (χ4v) is 1.54. The van der Waals surface area contributed by atoms with Crippen molar-refractivity contribution >= 4 is 20.1 Å². The number of rotatable bonds is 2. The first-order chi connectivity index (χ1) is 5.20. The summed E-state index contributed by atoms with van der Waals surface area (Å²) >= 11 is 0. The zero-order chi connectivity index (χ0) is 8.27. The molecule has 1 rings (SSSR count). The van der Waals surface area contributed by atoms with Gasteiger partial charge < -0.3 is 9.90 Å². The molecule has 0 saturated carbocycles. The summed E-state index contributed by atoms with van der Waals surface area (Å²) in [7, 11) is 0.0708. The van der Waals surface area contributed by atoms with Gasteiger partial charge in [-0.2, -0.15) is 0 Å². The molecule has 0 aliphatic heterocycles. The average molecular weight is 164 g/mol. The van der Waals surface area contributed by atoms with Crippen LogP contribution in [0.2, 0.25) is 0 Å². The van der Waals surface area contributed by atoms with Crippen molar-refractivity contribution in [1.82, 2.24) is 0 Å². The second-order valence-electron chi connectivity index (χ2n) is 2.20. The monoisotopic (exact) mass is 164 g/mol. The number of phenolic OH excluding ortho intramolecular Hbond substituents is 1. The Balaban J connectivity index is 2.86. The number of hydrogen-bond acceptors (Lipinski definition) is 2. The summed E-state index contributed by atoms with van der Waals surface area (Å²) in [5, 5.41) is 10.0. The Labute approximate surface area is 67.7 Å². The molecular weight excluding hydrogens is 156 g/mol. The minimum absolute atomic E-state index is 0.0708. The topological polar surface area (TPSA) is 37.3 Å². The summed E-state index contributed by atoms with van der Waals surface area (Å²) in [5.74, 6) is 0.209. The Hall–Kier alpha value is -1.09. The third-order valence-electron chi connectivity index (χ3n) is 1.21. The van der Waals surface area contributed by atoms with Crippen molar-refractivity contribution in [1.29, 1.82) is 0 Å². The van der Waals surface area contributed by atoms with Gasteiger partial charge in [-0.1, -0.05) is 18.2 Å². The first-order valence-corrected chi connectivity index (χ1v) is 4.26. The number of hydrogen-bond donors (Lipinski definition) is 1. The standard InChI is InChI=1S/C8H8O2Si/c1-6(9)11-8-5-3-2-4-7(8)10/h2-5,10H,1H3. The van der Waals surface area contributed by atoms with Crippen LogP contribution in [0.5, 0.6) is 5.75 Å². The van der Waals surface area contributed by atoms with Crippen molar-refractivity contribution in [3.05, 3.63) is 24.3 Å². The van der Waals surface area contributed by atoms with E-state index in [4.69, 9.17) is 0 Å². The summed E-state index contributed by atoms with van der Waals surface area (Å²) < 4.78 is 0. The van der Waals surface area contributed by atoms with Crippen molar-refractivity contribution in [2.45, 2.75) is 6.92 Å². The number of para-hydroxylation sites is 1. The van der Waals surface area contributed by atoms with Crippen LogP contribution >= 0.6 is 0 Å². The Morgan fingerprint density at radius 1 is 1.45 bits per heavy atom. The molecule has 0 aromatic heterocycles. The number of phenols is 1. The summed E-state index contributed by atoms with van der Waals surface area (Å²) in [6, 6.07) is 6.90. The fourth-order valence-electron chi connectivity index (χ4n) is 0.769. The predicted octanol–water partition coefficient (Wildman–Crippen LogP) is 0.268. The van der Waals surface area contributed by atoms with Crippen molar-refractivity contribution in [2.75, 3.05) is 0 Å². The molecule has 0 fully saturated rings. The van der Waals surface area contributed by atoms with Gasteiger partial charge >= 0.3 is 0 Å². The number of aromatic hydroxyl groups is 1. The Morgan fingerprint density at radius 2 is 2.09 bits per heavy atom. The first kappa shape index (κ1) is 8.01. The summed E-state index contributed by atoms with van der Waals surface area (Å²) in [5.41, 5.74) is 0. The molecule has 0 amide bonds.